The molecule has 0 aliphatic heterocycles. The Kier molecular flexibility index (Phi) is 49.1. The molecule has 0 heterocycles. The van der Waals surface area contributed by atoms with Crippen molar-refractivity contribution in [2.24, 2.45) is 0 Å². The molecule has 0 aromatic rings. The zero-order valence-corrected chi connectivity index (χ0v) is 45.5. The van der Waals surface area contributed by atoms with E-state index in [2.05, 4.69) is 50.3 Å². The standard InChI is InChI=1S/C60H111NO7/c1-6-8-10-12-14-16-18-20-22-24-26-28-30-32-34-36-38-40-42-44-46-48-50-58(62)67-55-56(54-66-53-52-57(60(64)65)61(3,4)5)68-59(63)51-49-47-45-43-41-39-37-35-33-31-29-27-25-23-21-19-17-15-13-11-9-7-2/h24,26,30-33,56-57H,6-23,25,27-29,34-55H2,1-5H3/b26-24+,32-30+,33-31+. The number of carboxylic acids is 1. The first-order chi connectivity index (χ1) is 33.1. The van der Waals surface area contributed by atoms with Crippen LogP contribution < -0.4 is 5.11 Å². The van der Waals surface area contributed by atoms with Crippen molar-refractivity contribution < 1.29 is 38.2 Å². The number of hydrogen-bond donors (Lipinski definition) is 0. The third kappa shape index (κ3) is 48.6. The summed E-state index contributed by atoms with van der Waals surface area (Å²) in [6.45, 7) is 4.69. The number of ether oxygens (including phenoxy) is 3. The van der Waals surface area contributed by atoms with E-state index < -0.39 is 18.1 Å². The van der Waals surface area contributed by atoms with E-state index >= 15 is 0 Å². The topological polar surface area (TPSA) is 102 Å². The fourth-order valence-electron chi connectivity index (χ4n) is 8.75. The van der Waals surface area contributed by atoms with Crippen molar-refractivity contribution >= 4 is 17.9 Å². The molecule has 0 amide bonds. The van der Waals surface area contributed by atoms with Crippen LogP contribution in [-0.2, 0) is 28.6 Å². The van der Waals surface area contributed by atoms with Crippen LogP contribution in [0.25, 0.3) is 0 Å². The average molecular weight is 959 g/mol. The number of esters is 2. The first-order valence-electron chi connectivity index (χ1n) is 29.0. The summed E-state index contributed by atoms with van der Waals surface area (Å²) in [5.74, 6) is -1.74. The van der Waals surface area contributed by atoms with Crippen LogP contribution in [0.4, 0.5) is 0 Å². The molecule has 0 bridgehead atoms. The van der Waals surface area contributed by atoms with Crippen LogP contribution in [0.2, 0.25) is 0 Å². The lowest BCUT2D eigenvalue weighted by Gasteiger charge is -2.34. The maximum absolute atomic E-state index is 12.8. The Morgan fingerprint density at radius 3 is 1.15 bits per heavy atom. The molecule has 0 spiro atoms. The number of carbonyl (C=O) groups excluding carboxylic acids is 3. The third-order valence-corrected chi connectivity index (χ3v) is 13.2. The lowest BCUT2D eigenvalue weighted by molar-refractivity contribution is -0.889. The SMILES string of the molecule is CCCCCCCCCC/C=C/C/C=C/CCCCCCCCCC(=O)OCC(COCCC(C(=O)[O-])[N+](C)(C)C)OC(=O)CCCCCCCCC/C=C/CCCCCCCCCCCCC. The fraction of sp³-hybridized carbons (Fsp3) is 0.850. The lowest BCUT2D eigenvalue weighted by Crippen LogP contribution is -2.55. The van der Waals surface area contributed by atoms with Gasteiger partial charge in [-0.2, -0.15) is 0 Å². The zero-order chi connectivity index (χ0) is 49.9. The van der Waals surface area contributed by atoms with Gasteiger partial charge in [0.1, 0.15) is 12.6 Å². The average Bonchev–Trinajstić information content (AvgIpc) is 3.30. The molecule has 398 valence electrons. The van der Waals surface area contributed by atoms with E-state index in [0.717, 1.165) is 51.4 Å². The molecule has 0 aliphatic rings. The summed E-state index contributed by atoms with van der Waals surface area (Å²) in [7, 11) is 5.42. The summed E-state index contributed by atoms with van der Waals surface area (Å²) in [6, 6.07) is -0.728. The van der Waals surface area contributed by atoms with Crippen LogP contribution in [0.3, 0.4) is 0 Å². The predicted octanol–water partition coefficient (Wildman–Crippen LogP) is 16.0. The van der Waals surface area contributed by atoms with Crippen molar-refractivity contribution in [2.75, 3.05) is 41.0 Å². The summed E-state index contributed by atoms with van der Waals surface area (Å²) in [5.41, 5.74) is 0. The molecule has 0 aromatic heterocycles. The quantitative estimate of drug-likeness (QED) is 0.0259. The molecule has 0 N–H and O–H groups in total. The Morgan fingerprint density at radius 2 is 0.779 bits per heavy atom. The predicted molar refractivity (Wildman–Crippen MR) is 287 cm³/mol. The van der Waals surface area contributed by atoms with E-state index in [1.165, 1.54) is 193 Å². The second-order valence-electron chi connectivity index (χ2n) is 20.9. The molecular formula is C60H111NO7. The van der Waals surface area contributed by atoms with Gasteiger partial charge in [0.05, 0.1) is 40.3 Å². The highest BCUT2D eigenvalue weighted by Gasteiger charge is 2.25. The van der Waals surface area contributed by atoms with Gasteiger partial charge in [-0.05, 0) is 70.6 Å². The first-order valence-corrected chi connectivity index (χ1v) is 29.0. The highest BCUT2D eigenvalue weighted by molar-refractivity contribution is 5.70. The maximum Gasteiger partial charge on any atom is 0.306 e. The van der Waals surface area contributed by atoms with Gasteiger partial charge in [0.25, 0.3) is 0 Å². The number of unbranched alkanes of at least 4 members (excludes halogenated alkanes) is 33. The van der Waals surface area contributed by atoms with Crippen molar-refractivity contribution in [1.82, 2.24) is 0 Å². The van der Waals surface area contributed by atoms with Crippen LogP contribution in [-0.4, -0.2) is 75.5 Å². The molecule has 8 heteroatoms. The minimum atomic E-state index is -1.12. The lowest BCUT2D eigenvalue weighted by atomic mass is 10.0. The van der Waals surface area contributed by atoms with E-state index in [1.54, 1.807) is 0 Å². The Balaban J connectivity index is 4.18. The summed E-state index contributed by atoms with van der Waals surface area (Å²) in [6.07, 6.45) is 61.9. The minimum Gasteiger partial charge on any atom is -0.544 e. The second-order valence-corrected chi connectivity index (χ2v) is 20.9. The number of nitrogens with zero attached hydrogens (tertiary/aromatic N) is 1. The highest BCUT2D eigenvalue weighted by atomic mass is 16.6. The van der Waals surface area contributed by atoms with E-state index in [9.17, 15) is 19.5 Å². The van der Waals surface area contributed by atoms with Gasteiger partial charge in [-0.3, -0.25) is 9.59 Å². The fourth-order valence-corrected chi connectivity index (χ4v) is 8.75. The maximum atomic E-state index is 12.8. The van der Waals surface area contributed by atoms with E-state index in [-0.39, 0.29) is 42.7 Å². The molecule has 68 heavy (non-hydrogen) atoms. The largest absolute Gasteiger partial charge is 0.544 e. The Hall–Kier alpha value is -2.45. The zero-order valence-electron chi connectivity index (χ0n) is 45.5. The molecule has 8 nitrogen and oxygen atoms in total. The summed E-state index contributed by atoms with van der Waals surface area (Å²) in [5, 5.41) is 11.7. The van der Waals surface area contributed by atoms with E-state index in [1.807, 2.05) is 21.1 Å². The number of aliphatic carboxylic acids is 1. The Morgan fingerprint density at radius 1 is 0.441 bits per heavy atom. The van der Waals surface area contributed by atoms with Gasteiger partial charge in [-0.1, -0.05) is 224 Å². The van der Waals surface area contributed by atoms with Crippen LogP contribution >= 0.6 is 0 Å². The van der Waals surface area contributed by atoms with Gasteiger partial charge in [0.2, 0.25) is 0 Å². The monoisotopic (exact) mass is 958 g/mol. The molecule has 2 atom stereocenters. The van der Waals surface area contributed by atoms with E-state index in [4.69, 9.17) is 14.2 Å². The highest BCUT2D eigenvalue weighted by Crippen LogP contribution is 2.16. The molecule has 2 unspecified atom stereocenters. The number of hydrogen-bond acceptors (Lipinski definition) is 7. The number of allylic oxidation sites excluding steroid dienone is 6. The molecule has 0 saturated heterocycles. The van der Waals surface area contributed by atoms with Gasteiger partial charge in [0, 0.05) is 19.3 Å². The molecule has 0 radical (unpaired) electrons. The van der Waals surface area contributed by atoms with Crippen LogP contribution in [0.1, 0.15) is 277 Å². The van der Waals surface area contributed by atoms with Crippen LogP contribution in [0.15, 0.2) is 36.5 Å². The van der Waals surface area contributed by atoms with Gasteiger partial charge in [-0.15, -0.1) is 0 Å². The molecule has 0 aromatic carbocycles. The Labute approximate surface area is 421 Å². The van der Waals surface area contributed by atoms with Gasteiger partial charge >= 0.3 is 11.9 Å². The van der Waals surface area contributed by atoms with Crippen molar-refractivity contribution in [2.45, 2.75) is 289 Å². The third-order valence-electron chi connectivity index (χ3n) is 13.2. The van der Waals surface area contributed by atoms with Crippen molar-refractivity contribution in [1.29, 1.82) is 0 Å². The number of likely N-dealkylation sites (N-methyl/N-ethyl adjacent to an activating group) is 1. The van der Waals surface area contributed by atoms with Crippen LogP contribution in [0.5, 0.6) is 0 Å². The molecular weight excluding hydrogens is 847 g/mol. The van der Waals surface area contributed by atoms with Gasteiger partial charge < -0.3 is 28.6 Å². The Bertz CT molecular complexity index is 1210. The van der Waals surface area contributed by atoms with E-state index in [0.29, 0.717) is 12.8 Å². The van der Waals surface area contributed by atoms with Crippen molar-refractivity contribution in [3.05, 3.63) is 36.5 Å². The van der Waals surface area contributed by atoms with Gasteiger partial charge in [-0.25, -0.2) is 0 Å². The summed E-state index contributed by atoms with van der Waals surface area (Å²) < 4.78 is 17.3. The smallest absolute Gasteiger partial charge is 0.306 e. The normalized spacial score (nSPS) is 13.0. The van der Waals surface area contributed by atoms with Crippen molar-refractivity contribution in [3.63, 3.8) is 0 Å². The second kappa shape index (κ2) is 50.9. The molecule has 0 rings (SSSR count). The van der Waals surface area contributed by atoms with Crippen LogP contribution in [0, 0.1) is 0 Å². The molecule has 0 saturated carbocycles. The summed E-state index contributed by atoms with van der Waals surface area (Å²) in [4.78, 5) is 37.2. The van der Waals surface area contributed by atoms with Crippen molar-refractivity contribution in [3.8, 4) is 0 Å². The first kappa shape index (κ1) is 65.5. The number of quaternary nitrogens is 1. The molecule has 0 aliphatic carbocycles. The molecule has 0 fully saturated rings. The number of carboxylic acid groups (broad SMARTS) is 1. The van der Waals surface area contributed by atoms with Gasteiger partial charge in [0.15, 0.2) is 6.10 Å². The number of rotatable bonds is 53. The summed E-state index contributed by atoms with van der Waals surface area (Å²) >= 11 is 0. The minimum absolute atomic E-state index is 0.0384. The number of carbonyl (C=O) groups is 3.